The molecule has 0 heterocycles. The van der Waals surface area contributed by atoms with Gasteiger partial charge in [0.25, 0.3) is 0 Å². The monoisotopic (exact) mass is 371 g/mol. The van der Waals surface area contributed by atoms with Gasteiger partial charge in [0.2, 0.25) is 0 Å². The van der Waals surface area contributed by atoms with Crippen molar-refractivity contribution in [1.29, 1.82) is 0 Å². The van der Waals surface area contributed by atoms with Crippen LogP contribution in [0.3, 0.4) is 0 Å². The Labute approximate surface area is 161 Å². The zero-order chi connectivity index (χ0) is 18.8. The van der Waals surface area contributed by atoms with E-state index in [1.807, 2.05) is 0 Å². The summed E-state index contributed by atoms with van der Waals surface area (Å²) in [4.78, 5) is 2.21. The van der Waals surface area contributed by atoms with Gasteiger partial charge in [0.1, 0.15) is 0 Å². The van der Waals surface area contributed by atoms with Crippen molar-refractivity contribution >= 4 is 8.32 Å². The normalized spacial score (nSPS) is 12.2. The first kappa shape index (κ1) is 25.1. The highest BCUT2D eigenvalue weighted by molar-refractivity contribution is 6.71. The zero-order valence-corrected chi connectivity index (χ0v) is 19.4. The summed E-state index contributed by atoms with van der Waals surface area (Å²) in [7, 11) is 2.83. The van der Waals surface area contributed by atoms with Crippen LogP contribution in [0, 0.1) is 0 Å². The van der Waals surface area contributed by atoms with Crippen molar-refractivity contribution in [2.24, 2.45) is 0 Å². The molecule has 152 valence electrons. The minimum absolute atomic E-state index is 0.908. The van der Waals surface area contributed by atoms with Crippen molar-refractivity contribution in [2.45, 2.75) is 116 Å². The second-order valence-electron chi connectivity index (χ2n) is 8.76. The summed E-state index contributed by atoms with van der Waals surface area (Å²) >= 11 is 0. The summed E-state index contributed by atoms with van der Waals surface area (Å²) < 4.78 is 6.15. The number of nitrogens with zero attached hydrogens (tertiary/aromatic N) is 1. The Bertz CT molecular complexity index is 269. The van der Waals surface area contributed by atoms with E-state index < -0.39 is 8.32 Å². The molecule has 0 unspecified atom stereocenters. The number of rotatable bonds is 19. The van der Waals surface area contributed by atoms with E-state index in [-0.39, 0.29) is 0 Å². The number of likely N-dealkylation sites (N-methyl/N-ethyl adjacent to an activating group) is 1. The molecule has 0 aromatic carbocycles. The zero-order valence-electron chi connectivity index (χ0n) is 18.4. The van der Waals surface area contributed by atoms with Crippen LogP contribution in [0.5, 0.6) is 0 Å². The molecule has 0 bridgehead atoms. The first-order valence-electron chi connectivity index (χ1n) is 11.3. The quantitative estimate of drug-likeness (QED) is 0.175. The van der Waals surface area contributed by atoms with E-state index in [0.717, 1.165) is 13.2 Å². The molecule has 0 atom stereocenters. The summed E-state index contributed by atoms with van der Waals surface area (Å²) in [5.74, 6) is 0. The standard InChI is InChI=1S/C22H49NOSi/c1-6-7-8-9-10-11-12-13-14-15-16-17-18-19-22-25(4,5)24-21-20-23(2)3/h6-22H2,1-5H3. The molecule has 0 aliphatic heterocycles. The summed E-state index contributed by atoms with van der Waals surface area (Å²) in [5.41, 5.74) is 0. The minimum Gasteiger partial charge on any atom is -0.416 e. The number of hydrogen-bond acceptors (Lipinski definition) is 2. The van der Waals surface area contributed by atoms with E-state index in [9.17, 15) is 0 Å². The van der Waals surface area contributed by atoms with Gasteiger partial charge in [0, 0.05) is 13.2 Å². The van der Waals surface area contributed by atoms with Crippen molar-refractivity contribution in [3.05, 3.63) is 0 Å². The van der Waals surface area contributed by atoms with Gasteiger partial charge < -0.3 is 9.33 Å². The second-order valence-corrected chi connectivity index (χ2v) is 13.1. The largest absolute Gasteiger partial charge is 0.416 e. The Balaban J connectivity index is 3.25. The minimum atomic E-state index is -1.40. The maximum absolute atomic E-state index is 6.15. The molecule has 3 heteroatoms. The maximum Gasteiger partial charge on any atom is 0.186 e. The molecule has 0 radical (unpaired) electrons. The Morgan fingerprint density at radius 3 is 1.44 bits per heavy atom. The molecule has 0 aromatic rings. The van der Waals surface area contributed by atoms with Crippen LogP contribution in [0.4, 0.5) is 0 Å². The van der Waals surface area contributed by atoms with Gasteiger partial charge >= 0.3 is 0 Å². The lowest BCUT2D eigenvalue weighted by Crippen LogP contribution is -2.33. The lowest BCUT2D eigenvalue weighted by Gasteiger charge is -2.24. The van der Waals surface area contributed by atoms with Crippen molar-refractivity contribution in [3.8, 4) is 0 Å². The predicted molar refractivity (Wildman–Crippen MR) is 117 cm³/mol. The molecule has 0 aliphatic carbocycles. The lowest BCUT2D eigenvalue weighted by atomic mass is 10.0. The topological polar surface area (TPSA) is 12.5 Å². The first-order chi connectivity index (χ1) is 12.0. The van der Waals surface area contributed by atoms with Gasteiger partial charge in [-0.1, -0.05) is 96.8 Å². The molecule has 0 N–H and O–H groups in total. The third-order valence-corrected chi connectivity index (χ3v) is 7.71. The average molecular weight is 372 g/mol. The van der Waals surface area contributed by atoms with Crippen LogP contribution in [-0.2, 0) is 4.43 Å². The third kappa shape index (κ3) is 20.3. The smallest absolute Gasteiger partial charge is 0.186 e. The van der Waals surface area contributed by atoms with E-state index in [1.165, 1.54) is 95.9 Å². The van der Waals surface area contributed by atoms with E-state index in [0.29, 0.717) is 0 Å². The van der Waals surface area contributed by atoms with Gasteiger partial charge in [-0.3, -0.25) is 0 Å². The molecule has 2 nitrogen and oxygen atoms in total. The number of unbranched alkanes of at least 4 members (excludes halogenated alkanes) is 13. The summed E-state index contributed by atoms with van der Waals surface area (Å²) in [6.45, 7) is 9.01. The molecule has 0 saturated carbocycles. The van der Waals surface area contributed by atoms with E-state index in [4.69, 9.17) is 4.43 Å². The highest BCUT2D eigenvalue weighted by Gasteiger charge is 2.21. The molecule has 0 fully saturated rings. The van der Waals surface area contributed by atoms with Gasteiger partial charge in [-0.25, -0.2) is 0 Å². The fourth-order valence-corrected chi connectivity index (χ4v) is 5.21. The van der Waals surface area contributed by atoms with Crippen molar-refractivity contribution in [3.63, 3.8) is 0 Å². The van der Waals surface area contributed by atoms with Crippen LogP contribution >= 0.6 is 0 Å². The van der Waals surface area contributed by atoms with Crippen LogP contribution in [0.1, 0.15) is 96.8 Å². The fraction of sp³-hybridized carbons (Fsp3) is 1.00. The Hall–Kier alpha value is 0.137. The van der Waals surface area contributed by atoms with Crippen LogP contribution in [0.25, 0.3) is 0 Å². The maximum atomic E-state index is 6.15. The van der Waals surface area contributed by atoms with Crippen molar-refractivity contribution < 1.29 is 4.43 Å². The summed E-state index contributed by atoms with van der Waals surface area (Å²) in [5, 5.41) is 0. The van der Waals surface area contributed by atoms with Gasteiger partial charge in [-0.05, 0) is 33.2 Å². The van der Waals surface area contributed by atoms with E-state index in [2.05, 4.69) is 39.0 Å². The van der Waals surface area contributed by atoms with E-state index in [1.54, 1.807) is 0 Å². The van der Waals surface area contributed by atoms with Crippen LogP contribution in [-0.4, -0.2) is 40.5 Å². The first-order valence-corrected chi connectivity index (χ1v) is 14.4. The molecule has 0 aromatic heterocycles. The molecule has 0 rings (SSSR count). The number of hydrogen-bond donors (Lipinski definition) is 0. The Morgan fingerprint density at radius 2 is 1.04 bits per heavy atom. The lowest BCUT2D eigenvalue weighted by molar-refractivity contribution is 0.253. The third-order valence-electron chi connectivity index (χ3n) is 5.16. The Kier molecular flexibility index (Phi) is 17.6. The molecule has 0 aliphatic rings. The molecule has 25 heavy (non-hydrogen) atoms. The van der Waals surface area contributed by atoms with Crippen molar-refractivity contribution in [1.82, 2.24) is 4.90 Å². The summed E-state index contributed by atoms with van der Waals surface area (Å²) in [6, 6.07) is 1.33. The predicted octanol–water partition coefficient (Wildman–Crippen LogP) is 7.25. The van der Waals surface area contributed by atoms with Gasteiger partial charge in [-0.15, -0.1) is 0 Å². The van der Waals surface area contributed by atoms with Gasteiger partial charge in [-0.2, -0.15) is 0 Å². The average Bonchev–Trinajstić information content (AvgIpc) is 2.54. The highest BCUT2D eigenvalue weighted by Crippen LogP contribution is 2.18. The molecular weight excluding hydrogens is 322 g/mol. The van der Waals surface area contributed by atoms with Gasteiger partial charge in [0.15, 0.2) is 8.32 Å². The van der Waals surface area contributed by atoms with Gasteiger partial charge in [0.05, 0.1) is 0 Å². The van der Waals surface area contributed by atoms with Crippen LogP contribution in [0.2, 0.25) is 19.1 Å². The molecule has 0 spiro atoms. The summed E-state index contributed by atoms with van der Waals surface area (Å²) in [6.07, 6.45) is 20.2. The van der Waals surface area contributed by atoms with E-state index >= 15 is 0 Å². The SMILES string of the molecule is CCCCCCCCCCCCCCCC[Si](C)(C)OCCN(C)C. The fourth-order valence-electron chi connectivity index (χ4n) is 3.32. The second kappa shape index (κ2) is 17.5. The molecular formula is C22H49NOSi. The highest BCUT2D eigenvalue weighted by atomic mass is 28.4. The van der Waals surface area contributed by atoms with Crippen molar-refractivity contribution in [2.75, 3.05) is 27.2 Å². The van der Waals surface area contributed by atoms with Crippen LogP contribution in [0.15, 0.2) is 0 Å². The molecule has 0 saturated heterocycles. The Morgan fingerprint density at radius 1 is 0.640 bits per heavy atom. The van der Waals surface area contributed by atoms with Crippen LogP contribution < -0.4 is 0 Å². The molecule has 0 amide bonds.